The number of anilines is 1. The molecule has 1 amide bonds. The second-order valence-electron chi connectivity index (χ2n) is 5.06. The van der Waals surface area contributed by atoms with Gasteiger partial charge in [0, 0.05) is 17.5 Å². The fourth-order valence-corrected chi connectivity index (χ4v) is 2.85. The van der Waals surface area contributed by atoms with E-state index in [0.717, 1.165) is 16.7 Å². The van der Waals surface area contributed by atoms with Gasteiger partial charge >= 0.3 is 0 Å². The van der Waals surface area contributed by atoms with Crippen LogP contribution >= 0.6 is 23.2 Å². The molecule has 4 nitrogen and oxygen atoms in total. The van der Waals surface area contributed by atoms with E-state index in [1.54, 1.807) is 31.4 Å². The van der Waals surface area contributed by atoms with Gasteiger partial charge in [-0.15, -0.1) is 0 Å². The van der Waals surface area contributed by atoms with Gasteiger partial charge in [-0.05, 0) is 36.4 Å². The highest BCUT2D eigenvalue weighted by Crippen LogP contribution is 2.30. The molecule has 0 fully saturated rings. The van der Waals surface area contributed by atoms with E-state index >= 15 is 0 Å². The summed E-state index contributed by atoms with van der Waals surface area (Å²) in [7, 11) is 3.43. The highest BCUT2D eigenvalue weighted by Gasteiger charge is 2.16. The van der Waals surface area contributed by atoms with Crippen LogP contribution in [0, 0.1) is 0 Å². The third-order valence-corrected chi connectivity index (χ3v) is 4.24. The molecule has 0 atom stereocenters. The Hall–Kier alpha value is -2.17. The van der Waals surface area contributed by atoms with E-state index in [-0.39, 0.29) is 5.91 Å². The maximum Gasteiger partial charge on any atom is 0.272 e. The molecule has 6 heteroatoms. The van der Waals surface area contributed by atoms with E-state index in [1.165, 1.54) is 0 Å². The van der Waals surface area contributed by atoms with Crippen LogP contribution in [0.25, 0.3) is 10.9 Å². The van der Waals surface area contributed by atoms with Crippen molar-refractivity contribution in [1.29, 1.82) is 0 Å². The van der Waals surface area contributed by atoms with Crippen LogP contribution in [0.1, 0.15) is 10.5 Å². The van der Waals surface area contributed by atoms with Crippen LogP contribution < -0.4 is 10.1 Å². The van der Waals surface area contributed by atoms with Gasteiger partial charge < -0.3 is 14.6 Å². The second kappa shape index (κ2) is 6.14. The number of nitrogens with zero attached hydrogens (tertiary/aromatic N) is 1. The van der Waals surface area contributed by atoms with Gasteiger partial charge in [0.2, 0.25) is 0 Å². The van der Waals surface area contributed by atoms with Crippen molar-refractivity contribution in [1.82, 2.24) is 4.57 Å². The number of ether oxygens (including phenoxy) is 1. The van der Waals surface area contributed by atoms with Gasteiger partial charge in [0.1, 0.15) is 11.4 Å². The number of methoxy groups -OCH3 is 1. The van der Waals surface area contributed by atoms with Gasteiger partial charge in [-0.1, -0.05) is 29.3 Å². The summed E-state index contributed by atoms with van der Waals surface area (Å²) >= 11 is 12.0. The Bertz CT molecular complexity index is 903. The van der Waals surface area contributed by atoms with Gasteiger partial charge in [-0.2, -0.15) is 0 Å². The largest absolute Gasteiger partial charge is 0.496 e. The van der Waals surface area contributed by atoms with E-state index in [4.69, 9.17) is 27.9 Å². The topological polar surface area (TPSA) is 43.3 Å². The molecule has 2 aromatic carbocycles. The van der Waals surface area contributed by atoms with Crippen LogP contribution in [0.4, 0.5) is 5.69 Å². The summed E-state index contributed by atoms with van der Waals surface area (Å²) in [4.78, 5) is 12.6. The summed E-state index contributed by atoms with van der Waals surface area (Å²) in [6.45, 7) is 0. The van der Waals surface area contributed by atoms with Crippen molar-refractivity contribution < 1.29 is 9.53 Å². The number of carbonyl (C=O) groups excluding carboxylic acids is 1. The monoisotopic (exact) mass is 348 g/mol. The summed E-state index contributed by atoms with van der Waals surface area (Å²) in [5, 5.41) is 4.60. The lowest BCUT2D eigenvalue weighted by atomic mass is 10.2. The minimum absolute atomic E-state index is 0.269. The molecule has 0 saturated heterocycles. The molecule has 0 radical (unpaired) electrons. The average molecular weight is 349 g/mol. The zero-order valence-electron chi connectivity index (χ0n) is 12.6. The molecule has 23 heavy (non-hydrogen) atoms. The number of halogens is 2. The van der Waals surface area contributed by atoms with Crippen LogP contribution in [0.5, 0.6) is 5.75 Å². The Kier molecular flexibility index (Phi) is 4.20. The van der Waals surface area contributed by atoms with Crippen molar-refractivity contribution in [3.63, 3.8) is 0 Å². The van der Waals surface area contributed by atoms with Crippen molar-refractivity contribution in [3.05, 3.63) is 58.2 Å². The predicted octanol–water partition coefficient (Wildman–Crippen LogP) is 4.75. The molecular weight excluding hydrogens is 335 g/mol. The van der Waals surface area contributed by atoms with Crippen molar-refractivity contribution in [2.24, 2.45) is 7.05 Å². The minimum atomic E-state index is -0.269. The lowest BCUT2D eigenvalue weighted by Gasteiger charge is -2.08. The van der Waals surface area contributed by atoms with Crippen LogP contribution in [0.15, 0.2) is 42.5 Å². The number of nitrogens with one attached hydrogen (secondary N) is 1. The van der Waals surface area contributed by atoms with E-state index in [2.05, 4.69) is 5.32 Å². The summed E-state index contributed by atoms with van der Waals surface area (Å²) < 4.78 is 7.16. The number of hydrogen-bond donors (Lipinski definition) is 1. The van der Waals surface area contributed by atoms with Gasteiger partial charge in [0.05, 0.1) is 23.3 Å². The Balaban J connectivity index is 2.01. The van der Waals surface area contributed by atoms with Crippen molar-refractivity contribution in [3.8, 4) is 5.75 Å². The standard InChI is InChI=1S/C17H14Cl2N2O2/c1-21-14-4-3-5-16(23-2)11(14)9-15(21)17(22)20-13-8-10(18)6-7-12(13)19/h3-9H,1-2H3,(H,20,22). The molecule has 1 aromatic heterocycles. The van der Waals surface area contributed by atoms with E-state index < -0.39 is 0 Å². The van der Waals surface area contributed by atoms with Crippen LogP contribution in [-0.2, 0) is 7.05 Å². The van der Waals surface area contributed by atoms with Crippen LogP contribution in [0.2, 0.25) is 10.0 Å². The summed E-state index contributed by atoms with van der Waals surface area (Å²) in [5.74, 6) is 0.452. The highest BCUT2D eigenvalue weighted by atomic mass is 35.5. The molecule has 0 saturated carbocycles. The zero-order chi connectivity index (χ0) is 16.6. The summed E-state index contributed by atoms with van der Waals surface area (Å²) in [6.07, 6.45) is 0. The maximum absolute atomic E-state index is 12.6. The predicted molar refractivity (Wildman–Crippen MR) is 93.9 cm³/mol. The van der Waals surface area contributed by atoms with Crippen molar-refractivity contribution in [2.75, 3.05) is 12.4 Å². The first-order valence-electron chi connectivity index (χ1n) is 6.90. The SMILES string of the molecule is COc1cccc2c1cc(C(=O)Nc1cc(Cl)ccc1Cl)n2C. The molecule has 1 N–H and O–H groups in total. The zero-order valence-corrected chi connectivity index (χ0v) is 14.1. The van der Waals surface area contributed by atoms with E-state index in [1.807, 2.05) is 29.8 Å². The molecule has 0 spiro atoms. The van der Waals surface area contributed by atoms with Gasteiger partial charge in [0.15, 0.2) is 0 Å². The smallest absolute Gasteiger partial charge is 0.272 e. The number of amides is 1. The fourth-order valence-electron chi connectivity index (χ4n) is 2.51. The first kappa shape index (κ1) is 15.7. The van der Waals surface area contributed by atoms with E-state index in [9.17, 15) is 4.79 Å². The Morgan fingerprint density at radius 1 is 1.17 bits per heavy atom. The van der Waals surface area contributed by atoms with Crippen molar-refractivity contribution >= 4 is 45.7 Å². The molecule has 1 heterocycles. The number of rotatable bonds is 3. The molecule has 0 aliphatic heterocycles. The van der Waals surface area contributed by atoms with Gasteiger partial charge in [-0.3, -0.25) is 4.79 Å². The van der Waals surface area contributed by atoms with Gasteiger partial charge in [0.25, 0.3) is 5.91 Å². The van der Waals surface area contributed by atoms with Crippen LogP contribution in [0.3, 0.4) is 0 Å². The molecular formula is C17H14Cl2N2O2. The number of aryl methyl sites for hydroxylation is 1. The Labute approximate surface area is 143 Å². The number of benzene rings is 2. The van der Waals surface area contributed by atoms with E-state index in [0.29, 0.717) is 21.4 Å². The van der Waals surface area contributed by atoms with Gasteiger partial charge in [-0.25, -0.2) is 0 Å². The molecule has 0 bridgehead atoms. The number of carbonyl (C=O) groups is 1. The lowest BCUT2D eigenvalue weighted by Crippen LogP contribution is -2.15. The summed E-state index contributed by atoms with van der Waals surface area (Å²) in [6, 6.07) is 12.4. The number of aromatic nitrogens is 1. The molecule has 0 aliphatic carbocycles. The Morgan fingerprint density at radius 2 is 1.96 bits per heavy atom. The molecule has 118 valence electrons. The first-order chi connectivity index (χ1) is 11.0. The third kappa shape index (κ3) is 2.87. The molecule has 3 aromatic rings. The Morgan fingerprint density at radius 3 is 2.70 bits per heavy atom. The number of hydrogen-bond acceptors (Lipinski definition) is 2. The normalized spacial score (nSPS) is 10.8. The molecule has 0 unspecified atom stereocenters. The minimum Gasteiger partial charge on any atom is -0.496 e. The highest BCUT2D eigenvalue weighted by molar-refractivity contribution is 6.35. The molecule has 3 rings (SSSR count). The van der Waals surface area contributed by atoms with Crippen molar-refractivity contribution in [2.45, 2.75) is 0 Å². The van der Waals surface area contributed by atoms with Crippen LogP contribution in [-0.4, -0.2) is 17.6 Å². The maximum atomic E-state index is 12.6. The first-order valence-corrected chi connectivity index (χ1v) is 7.65. The second-order valence-corrected chi connectivity index (χ2v) is 5.90. The third-order valence-electron chi connectivity index (χ3n) is 3.68. The quantitative estimate of drug-likeness (QED) is 0.742. The lowest BCUT2D eigenvalue weighted by molar-refractivity contribution is 0.102. The average Bonchev–Trinajstić information content (AvgIpc) is 2.88. The molecule has 0 aliphatic rings. The fraction of sp³-hybridized carbons (Fsp3) is 0.118. The summed E-state index contributed by atoms with van der Waals surface area (Å²) in [5.41, 5.74) is 1.88. The number of fused-ring (bicyclic) bond motifs is 1.